The summed E-state index contributed by atoms with van der Waals surface area (Å²) in [4.78, 5) is 36.2. The van der Waals surface area contributed by atoms with Gasteiger partial charge in [0.25, 0.3) is 0 Å². The highest BCUT2D eigenvalue weighted by Crippen LogP contribution is 2.28. The van der Waals surface area contributed by atoms with E-state index < -0.39 is 17.4 Å². The van der Waals surface area contributed by atoms with Gasteiger partial charge in [0.15, 0.2) is 0 Å². The lowest BCUT2D eigenvalue weighted by atomic mass is 9.84. The molecule has 4 rings (SSSR count). The number of amides is 1. The summed E-state index contributed by atoms with van der Waals surface area (Å²) in [6, 6.07) is 7.60. The molecule has 8 heteroatoms. The number of hydrogen-bond acceptors (Lipinski definition) is 6. The molecule has 1 atom stereocenters. The van der Waals surface area contributed by atoms with E-state index in [2.05, 4.69) is 32.7 Å². The summed E-state index contributed by atoms with van der Waals surface area (Å²) in [7, 11) is 0. The Morgan fingerprint density at radius 2 is 2.06 bits per heavy atom. The van der Waals surface area contributed by atoms with Gasteiger partial charge in [-0.25, -0.2) is 9.78 Å². The van der Waals surface area contributed by atoms with Gasteiger partial charge >= 0.3 is 5.97 Å². The van der Waals surface area contributed by atoms with Crippen molar-refractivity contribution < 1.29 is 14.7 Å². The van der Waals surface area contributed by atoms with Crippen LogP contribution >= 0.6 is 0 Å². The fourth-order valence-electron chi connectivity index (χ4n) is 4.80. The highest BCUT2D eigenvalue weighted by Gasteiger charge is 2.34. The molecule has 2 aromatic heterocycles. The fraction of sp³-hybridized carbons (Fsp3) is 0.571. The number of fused-ring (bicyclic) bond motifs is 1. The summed E-state index contributed by atoms with van der Waals surface area (Å²) in [5.41, 5.74) is 2.34. The number of carboxylic acid groups (broad SMARTS) is 1. The van der Waals surface area contributed by atoms with Crippen molar-refractivity contribution in [3.05, 3.63) is 53.5 Å². The van der Waals surface area contributed by atoms with Crippen LogP contribution < -0.4 is 10.6 Å². The smallest absolute Gasteiger partial charge is 0.326 e. The van der Waals surface area contributed by atoms with Crippen molar-refractivity contribution in [2.24, 2.45) is 0 Å². The quantitative estimate of drug-likeness (QED) is 0.366. The van der Waals surface area contributed by atoms with E-state index in [0.29, 0.717) is 19.0 Å². The van der Waals surface area contributed by atoms with Crippen molar-refractivity contribution in [2.75, 3.05) is 25.0 Å². The van der Waals surface area contributed by atoms with Gasteiger partial charge in [-0.3, -0.25) is 9.78 Å². The Balaban J connectivity index is 1.25. The molecular weight excluding hydrogens is 454 g/mol. The SMILES string of the molecule is CC(C)(C(=O)NC(CCN(CCCCc1ccc2c(n1)NCCC2)C1CC1)C(=O)O)c1cccnc1. The van der Waals surface area contributed by atoms with Crippen molar-refractivity contribution in [1.82, 2.24) is 20.2 Å². The maximum atomic E-state index is 13.0. The Hall–Kier alpha value is -3.00. The lowest BCUT2D eigenvalue weighted by Crippen LogP contribution is -2.49. The van der Waals surface area contributed by atoms with Crippen molar-refractivity contribution in [3.63, 3.8) is 0 Å². The zero-order valence-corrected chi connectivity index (χ0v) is 21.5. The first kappa shape index (κ1) is 26.1. The molecule has 0 saturated heterocycles. The Morgan fingerprint density at radius 3 is 2.78 bits per heavy atom. The van der Waals surface area contributed by atoms with Crippen molar-refractivity contribution in [2.45, 2.75) is 82.7 Å². The number of carbonyl (C=O) groups excluding carboxylic acids is 1. The molecule has 8 nitrogen and oxygen atoms in total. The van der Waals surface area contributed by atoms with Gasteiger partial charge in [0.2, 0.25) is 5.91 Å². The average Bonchev–Trinajstić information content (AvgIpc) is 3.73. The van der Waals surface area contributed by atoms with Crippen LogP contribution in [0, 0.1) is 0 Å². The standard InChI is InChI=1S/C28H39N5O3/c1-28(2,21-8-6-15-29-19-21)27(36)32-24(26(34)35)14-18-33(23-12-13-23)17-4-3-9-22-11-10-20-7-5-16-30-25(20)31-22/h6,8,10-11,15,19,23-24H,3-5,7,9,12-14,16-18H2,1-2H3,(H,30,31)(H,32,36)(H,34,35). The van der Waals surface area contributed by atoms with Crippen molar-refractivity contribution in [3.8, 4) is 0 Å². The molecule has 36 heavy (non-hydrogen) atoms. The maximum Gasteiger partial charge on any atom is 0.326 e. The van der Waals surface area contributed by atoms with Crippen LogP contribution in [0.5, 0.6) is 0 Å². The van der Waals surface area contributed by atoms with E-state index in [4.69, 9.17) is 4.98 Å². The molecule has 3 heterocycles. The normalized spacial score (nSPS) is 16.2. The molecule has 0 bridgehead atoms. The monoisotopic (exact) mass is 493 g/mol. The van der Waals surface area contributed by atoms with Gasteiger partial charge in [0.1, 0.15) is 11.9 Å². The van der Waals surface area contributed by atoms with Crippen LogP contribution in [0.15, 0.2) is 36.7 Å². The molecule has 194 valence electrons. The van der Waals surface area contributed by atoms with E-state index in [1.807, 2.05) is 6.07 Å². The highest BCUT2D eigenvalue weighted by molar-refractivity contribution is 5.90. The number of aromatic nitrogens is 2. The van der Waals surface area contributed by atoms with E-state index in [1.54, 1.807) is 32.3 Å². The van der Waals surface area contributed by atoms with Crippen LogP contribution in [0.3, 0.4) is 0 Å². The van der Waals surface area contributed by atoms with E-state index in [9.17, 15) is 14.7 Å². The van der Waals surface area contributed by atoms with Crippen LogP contribution in [-0.2, 0) is 27.8 Å². The Labute approximate surface area is 213 Å². The van der Waals surface area contributed by atoms with Crippen LogP contribution in [0.2, 0.25) is 0 Å². The molecular formula is C28H39N5O3. The van der Waals surface area contributed by atoms with Gasteiger partial charge in [-0.2, -0.15) is 0 Å². The molecule has 1 fully saturated rings. The van der Waals surface area contributed by atoms with E-state index in [1.165, 1.54) is 12.0 Å². The summed E-state index contributed by atoms with van der Waals surface area (Å²) in [6.07, 6.45) is 11.3. The lowest BCUT2D eigenvalue weighted by Gasteiger charge is -2.28. The summed E-state index contributed by atoms with van der Waals surface area (Å²) in [5, 5.41) is 16.0. The molecule has 2 aromatic rings. The molecule has 1 aliphatic carbocycles. The number of anilines is 1. The topological polar surface area (TPSA) is 107 Å². The Morgan fingerprint density at radius 1 is 1.22 bits per heavy atom. The van der Waals surface area contributed by atoms with Gasteiger partial charge in [-0.1, -0.05) is 12.1 Å². The Kier molecular flexibility index (Phi) is 8.56. The molecule has 2 aliphatic rings. The molecule has 1 saturated carbocycles. The number of rotatable bonds is 13. The zero-order valence-electron chi connectivity index (χ0n) is 21.5. The molecule has 0 spiro atoms. The zero-order chi connectivity index (χ0) is 25.5. The first-order valence-corrected chi connectivity index (χ1v) is 13.3. The van der Waals surface area contributed by atoms with Gasteiger partial charge in [-0.15, -0.1) is 0 Å². The minimum Gasteiger partial charge on any atom is -0.480 e. The maximum absolute atomic E-state index is 13.0. The second kappa shape index (κ2) is 11.8. The Bertz CT molecular complexity index is 1040. The van der Waals surface area contributed by atoms with Crippen LogP contribution in [0.1, 0.15) is 69.2 Å². The largest absolute Gasteiger partial charge is 0.480 e. The predicted octanol–water partition coefficient (Wildman–Crippen LogP) is 3.56. The number of aliphatic carboxylic acids is 1. The number of unbranched alkanes of at least 4 members (excludes halogenated alkanes) is 1. The third-order valence-electron chi connectivity index (χ3n) is 7.40. The van der Waals surface area contributed by atoms with E-state index in [-0.39, 0.29) is 5.91 Å². The number of carbonyl (C=O) groups is 2. The van der Waals surface area contributed by atoms with Crippen LogP contribution in [0.4, 0.5) is 5.82 Å². The first-order valence-electron chi connectivity index (χ1n) is 13.3. The van der Waals surface area contributed by atoms with Crippen LogP contribution in [-0.4, -0.2) is 63.6 Å². The molecule has 0 radical (unpaired) electrons. The summed E-state index contributed by atoms with van der Waals surface area (Å²) >= 11 is 0. The number of carboxylic acids is 1. The summed E-state index contributed by atoms with van der Waals surface area (Å²) in [5.74, 6) is -0.243. The first-order chi connectivity index (χ1) is 17.3. The van der Waals surface area contributed by atoms with Gasteiger partial charge in [0, 0.05) is 37.2 Å². The third kappa shape index (κ3) is 6.81. The van der Waals surface area contributed by atoms with E-state index in [0.717, 1.165) is 68.7 Å². The minimum atomic E-state index is -0.992. The molecule has 0 aromatic carbocycles. The molecule has 1 aliphatic heterocycles. The van der Waals surface area contributed by atoms with Crippen LogP contribution in [0.25, 0.3) is 0 Å². The summed E-state index contributed by atoms with van der Waals surface area (Å²) < 4.78 is 0. The van der Waals surface area contributed by atoms with Crippen molar-refractivity contribution in [1.29, 1.82) is 0 Å². The van der Waals surface area contributed by atoms with Gasteiger partial charge in [0.05, 0.1) is 5.41 Å². The molecule has 3 N–H and O–H groups in total. The average molecular weight is 494 g/mol. The van der Waals surface area contributed by atoms with Gasteiger partial charge in [-0.05, 0) is 95.0 Å². The second-order valence-corrected chi connectivity index (χ2v) is 10.6. The predicted molar refractivity (Wildman–Crippen MR) is 140 cm³/mol. The number of nitrogens with one attached hydrogen (secondary N) is 2. The summed E-state index contributed by atoms with van der Waals surface area (Å²) in [6.45, 7) is 6.19. The van der Waals surface area contributed by atoms with Crippen molar-refractivity contribution >= 4 is 17.7 Å². The number of nitrogens with zero attached hydrogens (tertiary/aromatic N) is 3. The van der Waals surface area contributed by atoms with E-state index >= 15 is 0 Å². The molecule has 1 amide bonds. The number of pyridine rings is 2. The number of aryl methyl sites for hydroxylation is 2. The lowest BCUT2D eigenvalue weighted by molar-refractivity contribution is -0.142. The highest BCUT2D eigenvalue weighted by atomic mass is 16.4. The molecule has 1 unspecified atom stereocenters. The third-order valence-corrected chi connectivity index (χ3v) is 7.40. The van der Waals surface area contributed by atoms with Gasteiger partial charge < -0.3 is 20.6 Å². The fourth-order valence-corrected chi connectivity index (χ4v) is 4.80. The number of hydrogen-bond donors (Lipinski definition) is 3. The second-order valence-electron chi connectivity index (χ2n) is 10.6. The minimum absolute atomic E-state index is 0.298.